The SMILES string of the molecule is C[C@@](C#N)(c1ccccc1)[C@H](O)c1ccc(Br)cc1. The molecule has 2 atom stereocenters. The van der Waals surface area contributed by atoms with Crippen LogP contribution in [0.5, 0.6) is 0 Å². The quantitative estimate of drug-likeness (QED) is 0.931. The van der Waals surface area contributed by atoms with Crippen molar-refractivity contribution in [1.29, 1.82) is 5.26 Å². The van der Waals surface area contributed by atoms with Crippen LogP contribution in [-0.2, 0) is 5.41 Å². The van der Waals surface area contributed by atoms with Crippen LogP contribution in [0.15, 0.2) is 59.1 Å². The van der Waals surface area contributed by atoms with Gasteiger partial charge in [-0.25, -0.2) is 0 Å². The zero-order chi connectivity index (χ0) is 13.9. The molecule has 0 aliphatic carbocycles. The molecule has 3 heteroatoms. The lowest BCUT2D eigenvalue weighted by molar-refractivity contribution is 0.119. The number of rotatable bonds is 3. The average Bonchev–Trinajstić information content (AvgIpc) is 2.47. The van der Waals surface area contributed by atoms with Gasteiger partial charge in [0.1, 0.15) is 11.5 Å². The molecular formula is C16H14BrNO. The van der Waals surface area contributed by atoms with Gasteiger partial charge in [-0.2, -0.15) is 5.26 Å². The number of aliphatic hydroxyl groups excluding tert-OH is 1. The molecule has 2 aromatic carbocycles. The smallest absolute Gasteiger partial charge is 0.109 e. The molecule has 0 bridgehead atoms. The third-order valence-electron chi connectivity index (χ3n) is 3.34. The Morgan fingerprint density at radius 1 is 1.11 bits per heavy atom. The second-order valence-electron chi connectivity index (χ2n) is 4.63. The van der Waals surface area contributed by atoms with Crippen molar-refractivity contribution < 1.29 is 5.11 Å². The van der Waals surface area contributed by atoms with Crippen molar-refractivity contribution in [2.24, 2.45) is 0 Å². The minimum absolute atomic E-state index is 0.733. The lowest BCUT2D eigenvalue weighted by Gasteiger charge is -2.28. The van der Waals surface area contributed by atoms with E-state index in [4.69, 9.17) is 0 Å². The first-order valence-electron chi connectivity index (χ1n) is 5.98. The molecule has 2 rings (SSSR count). The standard InChI is InChI=1S/C16H14BrNO/c1-16(11-18,13-5-3-2-4-6-13)15(19)12-7-9-14(17)10-8-12/h2-10,15,19H,1H3/t15-,16-/m1/s1. The van der Waals surface area contributed by atoms with Crippen LogP contribution >= 0.6 is 15.9 Å². The van der Waals surface area contributed by atoms with E-state index in [-0.39, 0.29) is 0 Å². The highest BCUT2D eigenvalue weighted by Gasteiger charge is 2.36. The molecule has 2 aromatic rings. The topological polar surface area (TPSA) is 44.0 Å². The Labute approximate surface area is 121 Å². The van der Waals surface area contributed by atoms with Crippen LogP contribution in [-0.4, -0.2) is 5.11 Å². The number of aliphatic hydroxyl groups is 1. The predicted molar refractivity (Wildman–Crippen MR) is 78.5 cm³/mol. The largest absolute Gasteiger partial charge is 0.386 e. The molecule has 19 heavy (non-hydrogen) atoms. The van der Waals surface area contributed by atoms with Crippen molar-refractivity contribution in [2.45, 2.75) is 18.4 Å². The molecule has 0 aromatic heterocycles. The molecule has 0 saturated carbocycles. The van der Waals surface area contributed by atoms with Crippen molar-refractivity contribution in [3.8, 4) is 6.07 Å². The maximum atomic E-state index is 10.5. The molecule has 96 valence electrons. The normalized spacial score (nSPS) is 15.3. The van der Waals surface area contributed by atoms with Gasteiger partial charge in [0.15, 0.2) is 0 Å². The first-order chi connectivity index (χ1) is 9.08. The van der Waals surface area contributed by atoms with Gasteiger partial charge in [-0.15, -0.1) is 0 Å². The van der Waals surface area contributed by atoms with Gasteiger partial charge in [0.25, 0.3) is 0 Å². The van der Waals surface area contributed by atoms with Crippen LogP contribution in [0.4, 0.5) is 0 Å². The highest BCUT2D eigenvalue weighted by atomic mass is 79.9. The highest BCUT2D eigenvalue weighted by Crippen LogP contribution is 2.36. The fourth-order valence-electron chi connectivity index (χ4n) is 2.05. The summed E-state index contributed by atoms with van der Waals surface area (Å²) < 4.78 is 0.946. The summed E-state index contributed by atoms with van der Waals surface area (Å²) in [7, 11) is 0. The lowest BCUT2D eigenvalue weighted by atomic mass is 9.76. The summed E-state index contributed by atoms with van der Waals surface area (Å²) in [6.07, 6.45) is -0.868. The van der Waals surface area contributed by atoms with Crippen LogP contribution < -0.4 is 0 Å². The summed E-state index contributed by atoms with van der Waals surface area (Å²) in [6, 6.07) is 19.0. The summed E-state index contributed by atoms with van der Waals surface area (Å²) in [4.78, 5) is 0. The van der Waals surface area contributed by atoms with Gasteiger partial charge >= 0.3 is 0 Å². The maximum Gasteiger partial charge on any atom is 0.109 e. The Bertz CT molecular complexity index is 588. The fraction of sp³-hybridized carbons (Fsp3) is 0.188. The summed E-state index contributed by atoms with van der Waals surface area (Å²) in [5, 5.41) is 20.1. The van der Waals surface area contributed by atoms with Crippen LogP contribution in [0.1, 0.15) is 24.2 Å². The number of halogens is 1. The minimum Gasteiger partial charge on any atom is -0.386 e. The van der Waals surface area contributed by atoms with Crippen LogP contribution in [0, 0.1) is 11.3 Å². The number of benzene rings is 2. The Balaban J connectivity index is 2.42. The summed E-state index contributed by atoms with van der Waals surface area (Å²) in [6.45, 7) is 1.76. The molecule has 0 aliphatic heterocycles. The molecule has 0 fully saturated rings. The third kappa shape index (κ3) is 2.70. The highest BCUT2D eigenvalue weighted by molar-refractivity contribution is 9.10. The van der Waals surface area contributed by atoms with Crippen LogP contribution in [0.2, 0.25) is 0 Å². The molecule has 0 saturated heterocycles. The van der Waals surface area contributed by atoms with Crippen molar-refractivity contribution >= 4 is 15.9 Å². The first-order valence-corrected chi connectivity index (χ1v) is 6.77. The van der Waals surface area contributed by atoms with E-state index in [1.807, 2.05) is 54.6 Å². The Hall–Kier alpha value is -1.63. The molecule has 0 radical (unpaired) electrons. The van der Waals surface area contributed by atoms with E-state index < -0.39 is 11.5 Å². The number of hydrogen-bond donors (Lipinski definition) is 1. The maximum absolute atomic E-state index is 10.5. The van der Waals surface area contributed by atoms with Gasteiger partial charge in [-0.05, 0) is 30.2 Å². The van der Waals surface area contributed by atoms with Gasteiger partial charge in [0.05, 0.1) is 6.07 Å². The molecule has 1 N–H and O–H groups in total. The van der Waals surface area contributed by atoms with E-state index in [1.165, 1.54) is 0 Å². The molecule has 2 nitrogen and oxygen atoms in total. The van der Waals surface area contributed by atoms with Crippen molar-refractivity contribution in [3.05, 3.63) is 70.2 Å². The molecule has 0 spiro atoms. The predicted octanol–water partition coefficient (Wildman–Crippen LogP) is 3.96. The zero-order valence-electron chi connectivity index (χ0n) is 10.5. The first kappa shape index (κ1) is 13.8. The monoisotopic (exact) mass is 315 g/mol. The van der Waals surface area contributed by atoms with E-state index in [2.05, 4.69) is 22.0 Å². The molecule has 0 unspecified atom stereocenters. The third-order valence-corrected chi connectivity index (χ3v) is 3.87. The van der Waals surface area contributed by atoms with Gasteiger partial charge in [-0.3, -0.25) is 0 Å². The number of nitriles is 1. The summed E-state index contributed by atoms with van der Waals surface area (Å²) in [5.41, 5.74) is 0.582. The lowest BCUT2D eigenvalue weighted by Crippen LogP contribution is -2.28. The van der Waals surface area contributed by atoms with E-state index in [9.17, 15) is 10.4 Å². The minimum atomic E-state index is -0.963. The fourth-order valence-corrected chi connectivity index (χ4v) is 2.31. The van der Waals surface area contributed by atoms with Crippen molar-refractivity contribution in [3.63, 3.8) is 0 Å². The molecule has 0 amide bonds. The van der Waals surface area contributed by atoms with Gasteiger partial charge in [-0.1, -0.05) is 58.4 Å². The van der Waals surface area contributed by atoms with E-state index in [1.54, 1.807) is 6.92 Å². The van der Waals surface area contributed by atoms with Crippen molar-refractivity contribution in [1.82, 2.24) is 0 Å². The van der Waals surface area contributed by atoms with E-state index in [0.717, 1.165) is 15.6 Å². The van der Waals surface area contributed by atoms with Gasteiger partial charge < -0.3 is 5.11 Å². The van der Waals surface area contributed by atoms with E-state index in [0.29, 0.717) is 0 Å². The Morgan fingerprint density at radius 2 is 1.68 bits per heavy atom. The van der Waals surface area contributed by atoms with Gasteiger partial charge in [0, 0.05) is 4.47 Å². The second-order valence-corrected chi connectivity index (χ2v) is 5.55. The average molecular weight is 316 g/mol. The number of hydrogen-bond acceptors (Lipinski definition) is 2. The molecule has 0 aliphatic rings. The Morgan fingerprint density at radius 3 is 2.21 bits per heavy atom. The van der Waals surface area contributed by atoms with E-state index >= 15 is 0 Å². The van der Waals surface area contributed by atoms with Crippen LogP contribution in [0.25, 0.3) is 0 Å². The number of nitrogens with zero attached hydrogens (tertiary/aromatic N) is 1. The second kappa shape index (κ2) is 5.56. The summed E-state index contributed by atoms with van der Waals surface area (Å²) in [5.74, 6) is 0. The molecule has 0 heterocycles. The Kier molecular flexibility index (Phi) is 4.04. The van der Waals surface area contributed by atoms with Gasteiger partial charge in [0.2, 0.25) is 0 Å². The summed E-state index contributed by atoms with van der Waals surface area (Å²) >= 11 is 3.36. The zero-order valence-corrected chi connectivity index (χ0v) is 12.1. The molecular weight excluding hydrogens is 302 g/mol. The van der Waals surface area contributed by atoms with Crippen LogP contribution in [0.3, 0.4) is 0 Å². The van der Waals surface area contributed by atoms with Crippen molar-refractivity contribution in [2.75, 3.05) is 0 Å².